The van der Waals surface area contributed by atoms with Crippen molar-refractivity contribution < 1.29 is 14.3 Å². The number of nitrogens with one attached hydrogen (secondary N) is 2. The molecule has 2 amide bonds. The average molecular weight is 417 g/mol. The summed E-state index contributed by atoms with van der Waals surface area (Å²) >= 11 is 0. The second kappa shape index (κ2) is 11.6. The van der Waals surface area contributed by atoms with Crippen LogP contribution in [0.4, 0.5) is 11.4 Å². The first-order valence-corrected chi connectivity index (χ1v) is 10.7. The van der Waals surface area contributed by atoms with E-state index in [-0.39, 0.29) is 11.8 Å². The zero-order chi connectivity index (χ0) is 21.9. The molecule has 3 aromatic rings. The van der Waals surface area contributed by atoms with Crippen LogP contribution in [0.15, 0.2) is 78.9 Å². The summed E-state index contributed by atoms with van der Waals surface area (Å²) in [5.41, 5.74) is 2.25. The SMILES string of the molecule is CCCCCCOc1ccccc1C(=O)Nc1cccc(NC(=O)c2ccccc2)c1. The summed E-state index contributed by atoms with van der Waals surface area (Å²) in [6, 6.07) is 23.3. The lowest BCUT2D eigenvalue weighted by atomic mass is 10.1. The minimum atomic E-state index is -0.254. The van der Waals surface area contributed by atoms with E-state index >= 15 is 0 Å². The number of hydrogen-bond acceptors (Lipinski definition) is 3. The Hall–Kier alpha value is -3.60. The summed E-state index contributed by atoms with van der Waals surface area (Å²) in [4.78, 5) is 25.2. The molecule has 0 atom stereocenters. The van der Waals surface area contributed by atoms with Gasteiger partial charge in [0.05, 0.1) is 12.2 Å². The van der Waals surface area contributed by atoms with Crippen LogP contribution in [0.1, 0.15) is 53.3 Å². The Kier molecular flexibility index (Phi) is 8.23. The summed E-state index contributed by atoms with van der Waals surface area (Å²) in [6.45, 7) is 2.76. The molecule has 5 heteroatoms. The zero-order valence-corrected chi connectivity index (χ0v) is 17.8. The third-order valence-electron chi connectivity index (χ3n) is 4.80. The predicted molar refractivity (Wildman–Crippen MR) is 125 cm³/mol. The Balaban J connectivity index is 1.63. The normalized spacial score (nSPS) is 10.4. The Labute approximate surface area is 183 Å². The van der Waals surface area contributed by atoms with Crippen LogP contribution in [0.2, 0.25) is 0 Å². The number of amides is 2. The quantitative estimate of drug-likeness (QED) is 0.390. The molecule has 0 heterocycles. The first kappa shape index (κ1) is 22.1. The molecule has 0 unspecified atom stereocenters. The Morgan fingerprint density at radius 1 is 0.742 bits per heavy atom. The number of anilines is 2. The number of carbonyl (C=O) groups is 2. The smallest absolute Gasteiger partial charge is 0.259 e. The van der Waals surface area contributed by atoms with Crippen LogP contribution in [0.5, 0.6) is 5.75 Å². The molecule has 0 radical (unpaired) electrons. The first-order valence-electron chi connectivity index (χ1n) is 10.7. The molecule has 0 saturated carbocycles. The number of rotatable bonds is 10. The van der Waals surface area contributed by atoms with Gasteiger partial charge in [0.1, 0.15) is 5.75 Å². The third kappa shape index (κ3) is 6.71. The van der Waals surface area contributed by atoms with Gasteiger partial charge in [-0.1, -0.05) is 62.6 Å². The van der Waals surface area contributed by atoms with Crippen LogP contribution in [-0.4, -0.2) is 18.4 Å². The molecule has 31 heavy (non-hydrogen) atoms. The van der Waals surface area contributed by atoms with Crippen molar-refractivity contribution in [2.75, 3.05) is 17.2 Å². The fourth-order valence-corrected chi connectivity index (χ4v) is 3.16. The van der Waals surface area contributed by atoms with Gasteiger partial charge in [0.15, 0.2) is 0 Å². The van der Waals surface area contributed by atoms with E-state index in [0.29, 0.717) is 34.9 Å². The average Bonchev–Trinajstić information content (AvgIpc) is 2.80. The van der Waals surface area contributed by atoms with Crippen molar-refractivity contribution in [3.8, 4) is 5.75 Å². The Bertz CT molecular complexity index is 1000. The fraction of sp³-hybridized carbons (Fsp3) is 0.231. The summed E-state index contributed by atoms with van der Waals surface area (Å²) in [5.74, 6) is 0.117. The maximum atomic E-state index is 12.8. The van der Waals surface area contributed by atoms with E-state index in [1.165, 1.54) is 12.8 Å². The second-order valence-electron chi connectivity index (χ2n) is 7.26. The van der Waals surface area contributed by atoms with Gasteiger partial charge >= 0.3 is 0 Å². The van der Waals surface area contributed by atoms with E-state index in [2.05, 4.69) is 17.6 Å². The van der Waals surface area contributed by atoms with Crippen molar-refractivity contribution in [3.63, 3.8) is 0 Å². The topological polar surface area (TPSA) is 67.4 Å². The highest BCUT2D eigenvalue weighted by Crippen LogP contribution is 2.22. The largest absolute Gasteiger partial charge is 0.493 e. The lowest BCUT2D eigenvalue weighted by Crippen LogP contribution is -2.15. The molecular formula is C26H28N2O3. The van der Waals surface area contributed by atoms with E-state index in [0.717, 1.165) is 12.8 Å². The van der Waals surface area contributed by atoms with Gasteiger partial charge in [-0.2, -0.15) is 0 Å². The van der Waals surface area contributed by atoms with Crippen LogP contribution in [0.3, 0.4) is 0 Å². The van der Waals surface area contributed by atoms with E-state index in [1.54, 1.807) is 42.5 Å². The molecule has 0 fully saturated rings. The van der Waals surface area contributed by atoms with Gasteiger partial charge in [0, 0.05) is 16.9 Å². The maximum absolute atomic E-state index is 12.8. The van der Waals surface area contributed by atoms with Crippen LogP contribution < -0.4 is 15.4 Å². The lowest BCUT2D eigenvalue weighted by Gasteiger charge is -2.12. The molecule has 0 spiro atoms. The molecule has 0 aliphatic heterocycles. The van der Waals surface area contributed by atoms with Crippen LogP contribution >= 0.6 is 0 Å². The molecular weight excluding hydrogens is 388 g/mol. The first-order chi connectivity index (χ1) is 15.2. The van der Waals surface area contributed by atoms with E-state index in [4.69, 9.17) is 4.74 Å². The summed E-state index contributed by atoms with van der Waals surface area (Å²) < 4.78 is 5.85. The molecule has 3 rings (SSSR count). The molecule has 3 aromatic carbocycles. The summed E-state index contributed by atoms with van der Waals surface area (Å²) in [7, 11) is 0. The van der Waals surface area contributed by atoms with Gasteiger partial charge in [-0.05, 0) is 48.9 Å². The van der Waals surface area contributed by atoms with E-state index < -0.39 is 0 Å². The van der Waals surface area contributed by atoms with Crippen LogP contribution in [0.25, 0.3) is 0 Å². The van der Waals surface area contributed by atoms with Crippen molar-refractivity contribution in [3.05, 3.63) is 90.0 Å². The molecule has 0 aliphatic rings. The predicted octanol–water partition coefficient (Wildman–Crippen LogP) is 6.15. The van der Waals surface area contributed by atoms with Gasteiger partial charge in [-0.25, -0.2) is 0 Å². The van der Waals surface area contributed by atoms with Gasteiger partial charge < -0.3 is 15.4 Å². The number of carbonyl (C=O) groups excluding carboxylic acids is 2. The molecule has 160 valence electrons. The summed E-state index contributed by atoms with van der Waals surface area (Å²) in [6.07, 6.45) is 4.44. The standard InChI is InChI=1S/C26H28N2O3/c1-2-3-4-10-18-31-24-17-9-8-16-23(24)26(30)28-22-15-11-14-21(19-22)27-25(29)20-12-6-5-7-13-20/h5-9,11-17,19H,2-4,10,18H2,1H3,(H,27,29)(H,28,30). The summed E-state index contributed by atoms with van der Waals surface area (Å²) in [5, 5.41) is 5.75. The van der Waals surface area contributed by atoms with Crippen LogP contribution in [0, 0.1) is 0 Å². The Morgan fingerprint density at radius 3 is 2.16 bits per heavy atom. The number of unbranched alkanes of at least 4 members (excludes halogenated alkanes) is 3. The second-order valence-corrected chi connectivity index (χ2v) is 7.26. The number of ether oxygens (including phenoxy) is 1. The van der Waals surface area contributed by atoms with Crippen molar-refractivity contribution in [1.29, 1.82) is 0 Å². The van der Waals surface area contributed by atoms with Gasteiger partial charge in [-0.15, -0.1) is 0 Å². The van der Waals surface area contributed by atoms with Crippen molar-refractivity contribution in [2.24, 2.45) is 0 Å². The number of para-hydroxylation sites is 1. The minimum absolute atomic E-state index is 0.203. The van der Waals surface area contributed by atoms with Crippen molar-refractivity contribution in [2.45, 2.75) is 32.6 Å². The molecule has 0 aromatic heterocycles. The molecule has 5 nitrogen and oxygen atoms in total. The molecule has 0 bridgehead atoms. The number of benzene rings is 3. The monoisotopic (exact) mass is 416 g/mol. The molecule has 0 aliphatic carbocycles. The van der Waals surface area contributed by atoms with E-state index in [9.17, 15) is 9.59 Å². The fourth-order valence-electron chi connectivity index (χ4n) is 3.16. The Morgan fingerprint density at radius 2 is 1.42 bits per heavy atom. The maximum Gasteiger partial charge on any atom is 0.259 e. The highest BCUT2D eigenvalue weighted by atomic mass is 16.5. The van der Waals surface area contributed by atoms with Gasteiger partial charge in [0.25, 0.3) is 11.8 Å². The van der Waals surface area contributed by atoms with Crippen LogP contribution in [-0.2, 0) is 0 Å². The molecule has 0 saturated heterocycles. The third-order valence-corrected chi connectivity index (χ3v) is 4.80. The van der Waals surface area contributed by atoms with E-state index in [1.807, 2.05) is 36.4 Å². The lowest BCUT2D eigenvalue weighted by molar-refractivity contribution is 0.101. The van der Waals surface area contributed by atoms with Crippen molar-refractivity contribution >= 4 is 23.2 Å². The van der Waals surface area contributed by atoms with Gasteiger partial charge in [0.2, 0.25) is 0 Å². The highest BCUT2D eigenvalue weighted by Gasteiger charge is 2.13. The van der Waals surface area contributed by atoms with Gasteiger partial charge in [-0.3, -0.25) is 9.59 Å². The zero-order valence-electron chi connectivity index (χ0n) is 17.8. The minimum Gasteiger partial charge on any atom is -0.493 e. The highest BCUT2D eigenvalue weighted by molar-refractivity contribution is 6.07. The number of hydrogen-bond donors (Lipinski definition) is 2. The molecule has 2 N–H and O–H groups in total. The van der Waals surface area contributed by atoms with Crippen molar-refractivity contribution in [1.82, 2.24) is 0 Å².